The zero-order valence-corrected chi connectivity index (χ0v) is 13.2. The Morgan fingerprint density at radius 2 is 1.68 bits per heavy atom. The Morgan fingerprint density at radius 3 is 2.32 bits per heavy atom. The normalized spacial score (nSPS) is 11.9. The van der Waals surface area contributed by atoms with Crippen LogP contribution < -0.4 is 10.5 Å². The van der Waals surface area contributed by atoms with Crippen LogP contribution in [0.25, 0.3) is 6.08 Å². The number of primary sulfonamides is 1. The predicted molar refractivity (Wildman–Crippen MR) is 88.7 cm³/mol. The second-order valence-corrected chi connectivity index (χ2v) is 6.63. The van der Waals surface area contributed by atoms with Crippen LogP contribution in [-0.4, -0.2) is 21.5 Å². The summed E-state index contributed by atoms with van der Waals surface area (Å²) in [6.07, 6.45) is 5.14. The minimum atomic E-state index is -3.60. The summed E-state index contributed by atoms with van der Waals surface area (Å²) >= 11 is 0. The average Bonchev–Trinajstić information content (AvgIpc) is 2.51. The summed E-state index contributed by atoms with van der Waals surface area (Å²) in [5.41, 5.74) is 2.31. The number of benzene rings is 2. The van der Waals surface area contributed by atoms with Gasteiger partial charge in [-0.2, -0.15) is 0 Å². The fourth-order valence-corrected chi connectivity index (χ4v) is 2.61. The summed E-state index contributed by atoms with van der Waals surface area (Å²) in [6.45, 7) is 1.87. The summed E-state index contributed by atoms with van der Waals surface area (Å²) in [6, 6.07) is 16.9. The van der Waals surface area contributed by atoms with Gasteiger partial charge in [-0.1, -0.05) is 48.5 Å². The van der Waals surface area contributed by atoms with E-state index in [0.717, 1.165) is 25.1 Å². The molecule has 0 saturated carbocycles. The number of rotatable bonds is 7. The maximum atomic E-state index is 11.2. The van der Waals surface area contributed by atoms with Crippen molar-refractivity contribution in [3.05, 3.63) is 71.8 Å². The molecule has 4 nitrogen and oxygen atoms in total. The number of hydrogen-bond donors (Lipinski definition) is 2. The molecule has 0 bridgehead atoms. The van der Waals surface area contributed by atoms with Crippen molar-refractivity contribution in [2.75, 3.05) is 13.1 Å². The van der Waals surface area contributed by atoms with E-state index in [1.54, 1.807) is 12.1 Å². The third kappa shape index (κ3) is 5.44. The van der Waals surface area contributed by atoms with Crippen LogP contribution in [0.4, 0.5) is 0 Å². The van der Waals surface area contributed by atoms with E-state index in [-0.39, 0.29) is 4.90 Å². The highest BCUT2D eigenvalue weighted by Gasteiger charge is 2.06. The maximum absolute atomic E-state index is 11.2. The van der Waals surface area contributed by atoms with Crippen molar-refractivity contribution in [1.82, 2.24) is 0 Å². The van der Waals surface area contributed by atoms with Gasteiger partial charge in [0.25, 0.3) is 0 Å². The largest absolute Gasteiger partial charge is 0.343 e. The lowest BCUT2D eigenvalue weighted by atomic mass is 10.1. The lowest BCUT2D eigenvalue weighted by molar-refractivity contribution is -0.645. The quantitative estimate of drug-likeness (QED) is 0.752. The third-order valence-corrected chi connectivity index (χ3v) is 4.23. The molecule has 5 heteroatoms. The van der Waals surface area contributed by atoms with Crippen LogP contribution in [0.5, 0.6) is 0 Å². The second kappa shape index (κ2) is 7.89. The summed E-state index contributed by atoms with van der Waals surface area (Å²) in [7, 11) is -3.60. The monoisotopic (exact) mass is 317 g/mol. The van der Waals surface area contributed by atoms with Gasteiger partial charge in [0.1, 0.15) is 0 Å². The highest BCUT2D eigenvalue weighted by molar-refractivity contribution is 7.89. The van der Waals surface area contributed by atoms with E-state index in [1.165, 1.54) is 5.56 Å². The molecule has 0 aliphatic rings. The van der Waals surface area contributed by atoms with Gasteiger partial charge >= 0.3 is 0 Å². The van der Waals surface area contributed by atoms with Crippen LogP contribution in [0.3, 0.4) is 0 Å². The number of nitrogens with two attached hydrogens (primary N) is 2. The number of quaternary nitrogens is 1. The lowest BCUT2D eigenvalue weighted by Crippen LogP contribution is -2.84. The molecular weight excluding hydrogens is 296 g/mol. The van der Waals surface area contributed by atoms with Gasteiger partial charge in [-0.25, -0.2) is 13.6 Å². The molecule has 0 radical (unpaired) electrons. The first-order chi connectivity index (χ1) is 10.6. The molecule has 22 heavy (non-hydrogen) atoms. The van der Waals surface area contributed by atoms with Crippen LogP contribution in [0.2, 0.25) is 0 Å². The Bertz CT molecular complexity index is 708. The zero-order chi connectivity index (χ0) is 15.8. The smallest absolute Gasteiger partial charge is 0.238 e. The molecule has 0 aliphatic heterocycles. The third-order valence-electron chi connectivity index (χ3n) is 3.30. The van der Waals surface area contributed by atoms with Gasteiger partial charge in [-0.05, 0) is 29.3 Å². The Hall–Kier alpha value is -1.95. The molecule has 0 aliphatic carbocycles. The SMILES string of the molecule is NS(=O)(=O)c1ccc(CC[NH2+]C/C=C/c2ccccc2)cc1. The van der Waals surface area contributed by atoms with Gasteiger partial charge in [-0.15, -0.1) is 0 Å². The predicted octanol–water partition coefficient (Wildman–Crippen LogP) is 1.15. The zero-order valence-electron chi connectivity index (χ0n) is 12.4. The van der Waals surface area contributed by atoms with Gasteiger partial charge < -0.3 is 5.32 Å². The summed E-state index contributed by atoms with van der Waals surface area (Å²) in [5, 5.41) is 7.28. The number of hydrogen-bond acceptors (Lipinski definition) is 2. The van der Waals surface area contributed by atoms with Crippen molar-refractivity contribution in [2.24, 2.45) is 5.14 Å². The highest BCUT2D eigenvalue weighted by Crippen LogP contribution is 2.08. The molecule has 2 aromatic carbocycles. The highest BCUT2D eigenvalue weighted by atomic mass is 32.2. The molecule has 0 unspecified atom stereocenters. The second-order valence-electron chi connectivity index (χ2n) is 5.07. The standard InChI is InChI=1S/C17H20N2O2S/c18-22(20,21)17-10-8-16(9-11-17)12-14-19-13-4-7-15-5-2-1-3-6-15/h1-11,19H,12-14H2,(H2,18,20,21)/p+1/b7-4+. The van der Waals surface area contributed by atoms with Crippen LogP contribution in [0.15, 0.2) is 65.6 Å². The van der Waals surface area contributed by atoms with Gasteiger partial charge in [-0.3, -0.25) is 0 Å². The van der Waals surface area contributed by atoms with E-state index in [0.29, 0.717) is 0 Å². The molecule has 2 aromatic rings. The Morgan fingerprint density at radius 1 is 1.00 bits per heavy atom. The van der Waals surface area contributed by atoms with E-state index < -0.39 is 10.0 Å². The van der Waals surface area contributed by atoms with Crippen molar-refractivity contribution in [3.63, 3.8) is 0 Å². The molecule has 116 valence electrons. The molecule has 0 heterocycles. The first-order valence-electron chi connectivity index (χ1n) is 7.21. The van der Waals surface area contributed by atoms with Crippen molar-refractivity contribution in [3.8, 4) is 0 Å². The topological polar surface area (TPSA) is 76.8 Å². The maximum Gasteiger partial charge on any atom is 0.238 e. The van der Waals surface area contributed by atoms with Crippen molar-refractivity contribution in [2.45, 2.75) is 11.3 Å². The number of sulfonamides is 1. The van der Waals surface area contributed by atoms with Gasteiger partial charge in [0.15, 0.2) is 0 Å². The van der Waals surface area contributed by atoms with Crippen LogP contribution in [-0.2, 0) is 16.4 Å². The fourth-order valence-electron chi connectivity index (χ4n) is 2.10. The summed E-state index contributed by atoms with van der Waals surface area (Å²) in [4.78, 5) is 0.158. The van der Waals surface area contributed by atoms with E-state index in [9.17, 15) is 8.42 Å². The van der Waals surface area contributed by atoms with E-state index >= 15 is 0 Å². The van der Waals surface area contributed by atoms with Crippen molar-refractivity contribution < 1.29 is 13.7 Å². The minimum absolute atomic E-state index is 0.158. The molecule has 0 aromatic heterocycles. The van der Waals surface area contributed by atoms with E-state index in [1.807, 2.05) is 30.3 Å². The van der Waals surface area contributed by atoms with Crippen LogP contribution in [0, 0.1) is 0 Å². The average molecular weight is 317 g/mol. The Balaban J connectivity index is 1.72. The van der Waals surface area contributed by atoms with E-state index in [2.05, 4.69) is 29.6 Å². The van der Waals surface area contributed by atoms with Crippen molar-refractivity contribution in [1.29, 1.82) is 0 Å². The van der Waals surface area contributed by atoms with Crippen LogP contribution >= 0.6 is 0 Å². The van der Waals surface area contributed by atoms with Crippen LogP contribution in [0.1, 0.15) is 11.1 Å². The molecular formula is C17H21N2O2S+. The lowest BCUT2D eigenvalue weighted by Gasteiger charge is -2.02. The molecule has 0 spiro atoms. The summed E-state index contributed by atoms with van der Waals surface area (Å²) < 4.78 is 22.3. The van der Waals surface area contributed by atoms with Crippen molar-refractivity contribution >= 4 is 16.1 Å². The molecule has 0 fully saturated rings. The molecule has 0 amide bonds. The van der Waals surface area contributed by atoms with E-state index in [4.69, 9.17) is 5.14 Å². The summed E-state index contributed by atoms with van der Waals surface area (Å²) in [5.74, 6) is 0. The molecule has 2 rings (SSSR count). The first kappa shape index (κ1) is 16.4. The molecule has 0 atom stereocenters. The fraction of sp³-hybridized carbons (Fsp3) is 0.176. The van der Waals surface area contributed by atoms with Gasteiger partial charge in [0, 0.05) is 6.42 Å². The van der Waals surface area contributed by atoms with Gasteiger partial charge in [0.2, 0.25) is 10.0 Å². The minimum Gasteiger partial charge on any atom is -0.343 e. The molecule has 0 saturated heterocycles. The first-order valence-corrected chi connectivity index (χ1v) is 8.75. The molecule has 4 N–H and O–H groups in total. The Labute approximate surface area is 131 Å². The van der Waals surface area contributed by atoms with Gasteiger partial charge in [0.05, 0.1) is 18.0 Å². The Kier molecular flexibility index (Phi) is 5.89.